The van der Waals surface area contributed by atoms with Crippen molar-refractivity contribution in [2.24, 2.45) is 5.73 Å². The molecule has 0 aliphatic heterocycles. The normalized spacial score (nSPS) is 10.0. The number of carbonyl (C=O) groups is 1. The molecular weight excluding hydrogens is 113 g/mol. The summed E-state index contributed by atoms with van der Waals surface area (Å²) in [7, 11) is 0. The molecule has 0 radical (unpaired) electrons. The monoisotopic (exact) mass is 123 g/mol. The fraction of sp³-hybridized carbons (Fsp3) is 0.400. The third kappa shape index (κ3) is 9.51. The van der Waals surface area contributed by atoms with Gasteiger partial charge in [0.1, 0.15) is 0 Å². The van der Waals surface area contributed by atoms with Crippen molar-refractivity contribution >= 4 is 35.3 Å². The van der Waals surface area contributed by atoms with Crippen molar-refractivity contribution in [3.05, 3.63) is 11.8 Å². The zero-order chi connectivity index (χ0) is 5.86. The quantitative estimate of drug-likeness (QED) is 0.387. The van der Waals surface area contributed by atoms with Gasteiger partial charge in [0.25, 0.3) is 0 Å². The van der Waals surface area contributed by atoms with Crippen molar-refractivity contribution in [2.45, 2.75) is 13.8 Å². The number of ketones is 1. The number of hydrogen-bond donors (Lipinski definition) is 1. The molecule has 3 heteroatoms. The standard InChI is InChI=1S/C5H9NO.Na.H/c1-4(6)3-5(2)7;;/h3H,6H2,1-2H3;;/b4-3-;;. The zero-order valence-electron chi connectivity index (χ0n) is 4.56. The first-order chi connectivity index (χ1) is 3.13. The first-order valence-corrected chi connectivity index (χ1v) is 2.07. The Morgan fingerprint density at radius 1 is 1.50 bits per heavy atom. The Kier molecular flexibility index (Phi) is 7.40. The van der Waals surface area contributed by atoms with Crippen LogP contribution in [0.4, 0.5) is 0 Å². The SMILES string of the molecule is CC(=O)/C=C(/C)N.[NaH]. The van der Waals surface area contributed by atoms with Crippen LogP contribution >= 0.6 is 0 Å². The van der Waals surface area contributed by atoms with Crippen molar-refractivity contribution in [3.63, 3.8) is 0 Å². The average molecular weight is 123 g/mol. The molecule has 0 aromatic rings. The zero-order valence-corrected chi connectivity index (χ0v) is 4.56. The van der Waals surface area contributed by atoms with Gasteiger partial charge in [-0.3, -0.25) is 4.79 Å². The molecule has 0 aliphatic carbocycles. The molecule has 0 unspecified atom stereocenters. The molecule has 0 spiro atoms. The Balaban J connectivity index is 0. The molecule has 0 aliphatic rings. The van der Waals surface area contributed by atoms with Crippen LogP contribution in [0.3, 0.4) is 0 Å². The molecular formula is C5H10NNaO. The van der Waals surface area contributed by atoms with Gasteiger partial charge in [0, 0.05) is 5.70 Å². The third-order valence-corrected chi connectivity index (χ3v) is 0.431. The predicted molar refractivity (Wildman–Crippen MR) is 35.8 cm³/mol. The van der Waals surface area contributed by atoms with Crippen molar-refractivity contribution in [1.29, 1.82) is 0 Å². The Bertz CT molecular complexity index is 105. The summed E-state index contributed by atoms with van der Waals surface area (Å²) in [5.41, 5.74) is 5.70. The van der Waals surface area contributed by atoms with E-state index in [4.69, 9.17) is 5.73 Å². The Labute approximate surface area is 71.4 Å². The van der Waals surface area contributed by atoms with Gasteiger partial charge in [-0.25, -0.2) is 0 Å². The summed E-state index contributed by atoms with van der Waals surface area (Å²) >= 11 is 0. The summed E-state index contributed by atoms with van der Waals surface area (Å²) in [6.45, 7) is 3.15. The van der Waals surface area contributed by atoms with E-state index >= 15 is 0 Å². The van der Waals surface area contributed by atoms with Crippen molar-refractivity contribution in [3.8, 4) is 0 Å². The van der Waals surface area contributed by atoms with E-state index in [9.17, 15) is 4.79 Å². The molecule has 0 aromatic heterocycles. The van der Waals surface area contributed by atoms with Gasteiger partial charge in [0.05, 0.1) is 0 Å². The van der Waals surface area contributed by atoms with E-state index in [2.05, 4.69) is 0 Å². The summed E-state index contributed by atoms with van der Waals surface area (Å²) < 4.78 is 0. The van der Waals surface area contributed by atoms with E-state index in [0.717, 1.165) is 0 Å². The minimum atomic E-state index is 0. The third-order valence-electron chi connectivity index (χ3n) is 0.431. The molecule has 0 fully saturated rings. The van der Waals surface area contributed by atoms with E-state index in [1.807, 2.05) is 0 Å². The van der Waals surface area contributed by atoms with E-state index < -0.39 is 0 Å². The Morgan fingerprint density at radius 3 is 1.88 bits per heavy atom. The molecule has 2 N–H and O–H groups in total. The maximum atomic E-state index is 10.1. The maximum absolute atomic E-state index is 10.1. The van der Waals surface area contributed by atoms with Gasteiger partial charge in [0.2, 0.25) is 0 Å². The van der Waals surface area contributed by atoms with Crippen LogP contribution in [-0.4, -0.2) is 35.3 Å². The van der Waals surface area contributed by atoms with Crippen LogP contribution in [0.5, 0.6) is 0 Å². The molecule has 0 saturated carbocycles. The fourth-order valence-corrected chi connectivity index (χ4v) is 0.321. The summed E-state index contributed by atoms with van der Waals surface area (Å²) in [5.74, 6) is 0.000000000000000444. The molecule has 8 heavy (non-hydrogen) atoms. The molecule has 0 amide bonds. The summed E-state index contributed by atoms with van der Waals surface area (Å²) in [6.07, 6.45) is 1.39. The van der Waals surface area contributed by atoms with Gasteiger partial charge < -0.3 is 5.73 Å². The molecule has 0 heterocycles. The fourth-order valence-electron chi connectivity index (χ4n) is 0.321. The topological polar surface area (TPSA) is 43.1 Å². The summed E-state index contributed by atoms with van der Waals surface area (Å²) in [6, 6.07) is 0. The molecule has 0 atom stereocenters. The van der Waals surface area contributed by atoms with Crippen LogP contribution in [-0.2, 0) is 4.79 Å². The van der Waals surface area contributed by atoms with Crippen molar-refractivity contribution in [2.75, 3.05) is 0 Å². The van der Waals surface area contributed by atoms with Crippen LogP contribution in [0.1, 0.15) is 13.8 Å². The van der Waals surface area contributed by atoms with Crippen LogP contribution in [0.2, 0.25) is 0 Å². The van der Waals surface area contributed by atoms with Gasteiger partial charge in [0.15, 0.2) is 5.78 Å². The van der Waals surface area contributed by atoms with Gasteiger partial charge in [-0.05, 0) is 19.9 Å². The first-order valence-electron chi connectivity index (χ1n) is 2.07. The molecule has 0 rings (SSSR count). The number of allylic oxidation sites excluding steroid dienone is 2. The summed E-state index contributed by atoms with van der Waals surface area (Å²) in [4.78, 5) is 10.1. The van der Waals surface area contributed by atoms with Gasteiger partial charge in [-0.15, -0.1) is 0 Å². The van der Waals surface area contributed by atoms with Gasteiger partial charge in [-0.2, -0.15) is 0 Å². The Morgan fingerprint density at radius 2 is 1.88 bits per heavy atom. The molecule has 0 bridgehead atoms. The number of rotatable bonds is 1. The number of nitrogens with two attached hydrogens (primary N) is 1. The van der Waals surface area contributed by atoms with Gasteiger partial charge >= 0.3 is 29.6 Å². The minimum absolute atomic E-state index is 0. The predicted octanol–water partition coefficient (Wildman–Crippen LogP) is -0.211. The van der Waals surface area contributed by atoms with Crippen LogP contribution in [0, 0.1) is 0 Å². The molecule has 42 valence electrons. The van der Waals surface area contributed by atoms with E-state index in [1.165, 1.54) is 13.0 Å². The summed E-state index contributed by atoms with van der Waals surface area (Å²) in [5, 5.41) is 0. The van der Waals surface area contributed by atoms with Crippen LogP contribution in [0.25, 0.3) is 0 Å². The van der Waals surface area contributed by atoms with Gasteiger partial charge in [-0.1, -0.05) is 0 Å². The second kappa shape index (κ2) is 5.35. The van der Waals surface area contributed by atoms with E-state index in [1.54, 1.807) is 6.92 Å². The van der Waals surface area contributed by atoms with Crippen molar-refractivity contribution in [1.82, 2.24) is 0 Å². The number of carbonyl (C=O) groups excluding carboxylic acids is 1. The first kappa shape index (κ1) is 11.1. The van der Waals surface area contributed by atoms with E-state index in [-0.39, 0.29) is 35.3 Å². The average Bonchev–Trinajstić information content (AvgIpc) is 1.27. The van der Waals surface area contributed by atoms with Crippen LogP contribution < -0.4 is 5.73 Å². The van der Waals surface area contributed by atoms with Crippen molar-refractivity contribution < 1.29 is 4.79 Å². The second-order valence-electron chi connectivity index (χ2n) is 1.50. The number of hydrogen-bond acceptors (Lipinski definition) is 2. The molecule has 2 nitrogen and oxygen atoms in total. The molecule has 0 aromatic carbocycles. The molecule has 0 saturated heterocycles. The Hall–Kier alpha value is 0.210. The second-order valence-corrected chi connectivity index (χ2v) is 1.50. The van der Waals surface area contributed by atoms with E-state index in [0.29, 0.717) is 5.70 Å². The van der Waals surface area contributed by atoms with Crippen LogP contribution in [0.15, 0.2) is 11.8 Å².